The number of fused-ring (bicyclic) bond motifs is 1. The molecule has 0 fully saturated rings. The summed E-state index contributed by atoms with van der Waals surface area (Å²) in [5.41, 5.74) is 2.43. The van der Waals surface area contributed by atoms with Gasteiger partial charge in [0.1, 0.15) is 11.8 Å². The van der Waals surface area contributed by atoms with Gasteiger partial charge in [-0.1, -0.05) is 0 Å². The van der Waals surface area contributed by atoms with Crippen molar-refractivity contribution in [3.8, 4) is 6.07 Å². The summed E-state index contributed by atoms with van der Waals surface area (Å²) in [6.07, 6.45) is 3.60. The lowest BCUT2D eigenvalue weighted by atomic mass is 10.5. The third-order valence-electron chi connectivity index (χ3n) is 1.84. The van der Waals surface area contributed by atoms with Crippen molar-refractivity contribution in [2.75, 3.05) is 0 Å². The van der Waals surface area contributed by atoms with Crippen molar-refractivity contribution in [3.05, 3.63) is 34.3 Å². The molecule has 0 saturated carbocycles. The van der Waals surface area contributed by atoms with Crippen molar-refractivity contribution in [2.45, 2.75) is 6.92 Å². The fraction of sp³-hybridized carbons (Fsp3) is 0.111. The SMILES string of the molecule is Cc1cn2c(C#N)c(Br)cc2cn1. The Labute approximate surface area is 83.8 Å². The highest BCUT2D eigenvalue weighted by Crippen LogP contribution is 2.20. The van der Waals surface area contributed by atoms with Crippen LogP contribution in [0.3, 0.4) is 0 Å². The second-order valence-electron chi connectivity index (χ2n) is 2.78. The number of halogens is 1. The molecule has 0 aliphatic heterocycles. The normalized spacial score (nSPS) is 10.2. The van der Waals surface area contributed by atoms with Crippen molar-refractivity contribution < 1.29 is 0 Å². The summed E-state index contributed by atoms with van der Waals surface area (Å²) in [6.45, 7) is 1.90. The van der Waals surface area contributed by atoms with Crippen LogP contribution in [0.15, 0.2) is 22.9 Å². The first kappa shape index (κ1) is 8.27. The van der Waals surface area contributed by atoms with Gasteiger partial charge in [0.05, 0.1) is 21.9 Å². The molecule has 0 unspecified atom stereocenters. The van der Waals surface area contributed by atoms with Gasteiger partial charge in [-0.05, 0) is 28.9 Å². The van der Waals surface area contributed by atoms with Gasteiger partial charge in [-0.2, -0.15) is 5.26 Å². The van der Waals surface area contributed by atoms with Gasteiger partial charge in [-0.15, -0.1) is 0 Å². The van der Waals surface area contributed by atoms with E-state index < -0.39 is 0 Å². The minimum Gasteiger partial charge on any atom is -0.304 e. The van der Waals surface area contributed by atoms with Crippen LogP contribution >= 0.6 is 15.9 Å². The maximum atomic E-state index is 8.87. The van der Waals surface area contributed by atoms with Crippen LogP contribution in [-0.4, -0.2) is 9.38 Å². The van der Waals surface area contributed by atoms with E-state index in [-0.39, 0.29) is 0 Å². The van der Waals surface area contributed by atoms with Gasteiger partial charge in [0, 0.05) is 6.20 Å². The van der Waals surface area contributed by atoms with E-state index in [4.69, 9.17) is 5.26 Å². The molecule has 64 valence electrons. The molecule has 3 nitrogen and oxygen atoms in total. The number of aromatic nitrogens is 2. The molecule has 0 aliphatic carbocycles. The van der Waals surface area contributed by atoms with E-state index in [1.807, 2.05) is 23.6 Å². The van der Waals surface area contributed by atoms with Gasteiger partial charge in [-0.3, -0.25) is 4.98 Å². The van der Waals surface area contributed by atoms with Crippen LogP contribution in [0.2, 0.25) is 0 Å². The Morgan fingerprint density at radius 3 is 3.08 bits per heavy atom. The highest BCUT2D eigenvalue weighted by Gasteiger charge is 2.06. The minimum atomic E-state index is 0.612. The zero-order chi connectivity index (χ0) is 9.42. The van der Waals surface area contributed by atoms with Crippen LogP contribution in [0.5, 0.6) is 0 Å². The van der Waals surface area contributed by atoms with E-state index in [1.54, 1.807) is 6.20 Å². The molecule has 2 aromatic heterocycles. The van der Waals surface area contributed by atoms with Crippen molar-refractivity contribution in [2.24, 2.45) is 0 Å². The lowest BCUT2D eigenvalue weighted by Gasteiger charge is -1.96. The van der Waals surface area contributed by atoms with Crippen molar-refractivity contribution in [1.29, 1.82) is 5.26 Å². The van der Waals surface area contributed by atoms with E-state index in [0.717, 1.165) is 15.7 Å². The van der Waals surface area contributed by atoms with Gasteiger partial charge in [0.15, 0.2) is 0 Å². The Balaban J connectivity index is 2.91. The lowest BCUT2D eigenvalue weighted by molar-refractivity contribution is 1.06. The second kappa shape index (κ2) is 2.86. The summed E-state index contributed by atoms with van der Waals surface area (Å²) < 4.78 is 2.63. The third kappa shape index (κ3) is 1.21. The first-order chi connectivity index (χ1) is 6.22. The van der Waals surface area contributed by atoms with Crippen LogP contribution < -0.4 is 0 Å². The maximum Gasteiger partial charge on any atom is 0.139 e. The van der Waals surface area contributed by atoms with Crippen molar-refractivity contribution in [3.63, 3.8) is 0 Å². The van der Waals surface area contributed by atoms with E-state index in [0.29, 0.717) is 5.69 Å². The molecule has 2 heterocycles. The van der Waals surface area contributed by atoms with Crippen LogP contribution in [-0.2, 0) is 0 Å². The van der Waals surface area contributed by atoms with Crippen molar-refractivity contribution in [1.82, 2.24) is 9.38 Å². The molecule has 0 bridgehead atoms. The standard InChI is InChI=1S/C9H6BrN3/c1-6-5-13-7(4-12-6)2-8(10)9(13)3-11/h2,4-5H,1H3. The number of aryl methyl sites for hydroxylation is 1. The topological polar surface area (TPSA) is 41.1 Å². The Hall–Kier alpha value is -1.34. The van der Waals surface area contributed by atoms with Gasteiger partial charge >= 0.3 is 0 Å². The van der Waals surface area contributed by atoms with Crippen LogP contribution in [0, 0.1) is 18.3 Å². The molecule has 0 N–H and O–H groups in total. The smallest absolute Gasteiger partial charge is 0.139 e. The zero-order valence-electron chi connectivity index (χ0n) is 6.95. The molecule has 0 aromatic carbocycles. The molecule has 2 rings (SSSR count). The molecule has 2 aromatic rings. The van der Waals surface area contributed by atoms with E-state index >= 15 is 0 Å². The Morgan fingerprint density at radius 2 is 2.38 bits per heavy atom. The van der Waals surface area contributed by atoms with Crippen LogP contribution in [0.1, 0.15) is 11.4 Å². The summed E-state index contributed by atoms with van der Waals surface area (Å²) >= 11 is 3.32. The molecule has 0 amide bonds. The van der Waals surface area contributed by atoms with Gasteiger partial charge < -0.3 is 4.40 Å². The minimum absolute atomic E-state index is 0.612. The number of nitriles is 1. The quantitative estimate of drug-likeness (QED) is 0.704. The number of nitrogens with zero attached hydrogens (tertiary/aromatic N) is 3. The number of hydrogen-bond acceptors (Lipinski definition) is 2. The zero-order valence-corrected chi connectivity index (χ0v) is 8.54. The lowest BCUT2D eigenvalue weighted by Crippen LogP contribution is -1.91. The van der Waals surface area contributed by atoms with E-state index in [9.17, 15) is 0 Å². The number of rotatable bonds is 0. The summed E-state index contributed by atoms with van der Waals surface area (Å²) in [7, 11) is 0. The van der Waals surface area contributed by atoms with E-state index in [2.05, 4.69) is 27.0 Å². The molecule has 4 heteroatoms. The molecule has 0 spiro atoms. The van der Waals surface area contributed by atoms with E-state index in [1.165, 1.54) is 0 Å². The highest BCUT2D eigenvalue weighted by atomic mass is 79.9. The van der Waals surface area contributed by atoms with Crippen molar-refractivity contribution >= 4 is 21.4 Å². The third-order valence-corrected chi connectivity index (χ3v) is 2.45. The first-order valence-corrected chi connectivity index (χ1v) is 4.55. The van der Waals surface area contributed by atoms with Crippen LogP contribution in [0.4, 0.5) is 0 Å². The summed E-state index contributed by atoms with van der Waals surface area (Å²) in [5, 5.41) is 8.87. The average molecular weight is 236 g/mol. The highest BCUT2D eigenvalue weighted by molar-refractivity contribution is 9.10. The Kier molecular flexibility index (Phi) is 1.82. The molecule has 0 saturated heterocycles. The largest absolute Gasteiger partial charge is 0.304 e. The molecular formula is C9H6BrN3. The summed E-state index contributed by atoms with van der Waals surface area (Å²) in [5.74, 6) is 0. The second-order valence-corrected chi connectivity index (χ2v) is 3.63. The Bertz CT molecular complexity index is 507. The molecule has 13 heavy (non-hydrogen) atoms. The van der Waals surface area contributed by atoms with Gasteiger partial charge in [-0.25, -0.2) is 0 Å². The molecule has 0 atom stereocenters. The fourth-order valence-corrected chi connectivity index (χ4v) is 1.76. The molecular weight excluding hydrogens is 230 g/mol. The summed E-state index contributed by atoms with van der Waals surface area (Å²) in [6, 6.07) is 4.01. The first-order valence-electron chi connectivity index (χ1n) is 3.75. The molecule has 0 radical (unpaired) electrons. The van der Waals surface area contributed by atoms with Crippen LogP contribution in [0.25, 0.3) is 5.52 Å². The van der Waals surface area contributed by atoms with Gasteiger partial charge in [0.2, 0.25) is 0 Å². The summed E-state index contributed by atoms with van der Waals surface area (Å²) in [4.78, 5) is 4.14. The monoisotopic (exact) mass is 235 g/mol. The predicted octanol–water partition coefficient (Wildman–Crippen LogP) is 2.28. The maximum absolute atomic E-state index is 8.87. The average Bonchev–Trinajstić information content (AvgIpc) is 2.40. The predicted molar refractivity (Wildman–Crippen MR) is 52.3 cm³/mol. The number of hydrogen-bond donors (Lipinski definition) is 0. The van der Waals surface area contributed by atoms with Gasteiger partial charge in [0.25, 0.3) is 0 Å². The Morgan fingerprint density at radius 1 is 1.62 bits per heavy atom. The fourth-order valence-electron chi connectivity index (χ4n) is 1.25. The molecule has 0 aliphatic rings.